The Hall–Kier alpha value is -3.95. The van der Waals surface area contributed by atoms with Crippen molar-refractivity contribution in [2.45, 2.75) is 26.7 Å². The highest BCUT2D eigenvalue weighted by Gasteiger charge is 2.22. The minimum atomic E-state index is -0.369. The molecule has 0 bridgehead atoms. The molecule has 33 heavy (non-hydrogen) atoms. The van der Waals surface area contributed by atoms with Crippen LogP contribution in [0.1, 0.15) is 35.0 Å². The number of rotatable bonds is 4. The standard InChI is InChI=1S/C27H22FN3O2/c1-17(13-29)27-21-9-7-18(11-19(21)15-33-25-12-20(28)8-10-22(25)27)14-31-24-6-4-3-5-23(24)30-26(31)16-32-2/h3-12H,14-16H2,1-2H3/b27-17+. The number of para-hydroxylation sites is 2. The molecule has 0 N–H and O–H groups in total. The minimum absolute atomic E-state index is 0.289. The number of ether oxygens (including phenoxy) is 2. The number of hydrogen-bond donors (Lipinski definition) is 0. The van der Waals surface area contributed by atoms with E-state index in [-0.39, 0.29) is 12.4 Å². The lowest BCUT2D eigenvalue weighted by molar-refractivity contribution is 0.175. The third-order valence-electron chi connectivity index (χ3n) is 5.93. The van der Waals surface area contributed by atoms with Gasteiger partial charge in [0.05, 0.1) is 17.1 Å². The number of nitriles is 1. The SMILES string of the molecule is COCc1nc2ccccc2n1Cc1ccc2c(c1)COc1cc(F)ccc1/C2=C(\C)C#N. The Labute approximate surface area is 191 Å². The molecule has 5 nitrogen and oxygen atoms in total. The monoisotopic (exact) mass is 439 g/mol. The van der Waals surface area contributed by atoms with Crippen LogP contribution in [0.15, 0.2) is 66.2 Å². The fourth-order valence-electron chi connectivity index (χ4n) is 4.42. The van der Waals surface area contributed by atoms with Crippen LogP contribution in [0.2, 0.25) is 0 Å². The van der Waals surface area contributed by atoms with E-state index in [1.165, 1.54) is 12.1 Å². The van der Waals surface area contributed by atoms with Gasteiger partial charge in [0.1, 0.15) is 30.6 Å². The number of allylic oxidation sites excluding steroid dienone is 1. The van der Waals surface area contributed by atoms with Gasteiger partial charge in [0.15, 0.2) is 0 Å². The second kappa shape index (κ2) is 8.53. The van der Waals surface area contributed by atoms with Gasteiger partial charge >= 0.3 is 0 Å². The molecule has 1 aromatic heterocycles. The van der Waals surface area contributed by atoms with E-state index in [4.69, 9.17) is 14.5 Å². The third-order valence-corrected chi connectivity index (χ3v) is 5.93. The van der Waals surface area contributed by atoms with Gasteiger partial charge in [-0.05, 0) is 53.9 Å². The molecule has 1 aliphatic rings. The number of imidazole rings is 1. The van der Waals surface area contributed by atoms with Gasteiger partial charge in [-0.1, -0.05) is 24.3 Å². The maximum Gasteiger partial charge on any atom is 0.136 e. The maximum absolute atomic E-state index is 13.9. The van der Waals surface area contributed by atoms with Crippen LogP contribution in [-0.4, -0.2) is 16.7 Å². The number of methoxy groups -OCH3 is 1. The van der Waals surface area contributed by atoms with Crippen LogP contribution in [0.25, 0.3) is 16.6 Å². The number of nitrogens with zero attached hydrogens (tertiary/aromatic N) is 3. The van der Waals surface area contributed by atoms with Crippen molar-refractivity contribution in [2.24, 2.45) is 0 Å². The summed E-state index contributed by atoms with van der Waals surface area (Å²) in [6.45, 7) is 3.10. The number of benzene rings is 3. The van der Waals surface area contributed by atoms with Crippen molar-refractivity contribution in [3.05, 3.63) is 100 Å². The number of hydrogen-bond acceptors (Lipinski definition) is 4. The molecule has 0 spiro atoms. The summed E-state index contributed by atoms with van der Waals surface area (Å²) in [6, 6.07) is 20.9. The van der Waals surface area contributed by atoms with Crippen molar-refractivity contribution < 1.29 is 13.9 Å². The molecular formula is C27H22FN3O2. The summed E-state index contributed by atoms with van der Waals surface area (Å²) in [5.41, 5.74) is 6.98. The second-order valence-electron chi connectivity index (χ2n) is 8.07. The van der Waals surface area contributed by atoms with E-state index in [1.807, 2.05) is 24.3 Å². The first-order chi connectivity index (χ1) is 16.1. The van der Waals surface area contributed by atoms with Crippen molar-refractivity contribution in [3.8, 4) is 11.8 Å². The van der Waals surface area contributed by atoms with Gasteiger partial charge in [0, 0.05) is 36.4 Å². The van der Waals surface area contributed by atoms with Gasteiger partial charge in [0.2, 0.25) is 0 Å². The van der Waals surface area contributed by atoms with Gasteiger partial charge in [-0.3, -0.25) is 0 Å². The van der Waals surface area contributed by atoms with Gasteiger partial charge in [-0.15, -0.1) is 0 Å². The number of halogens is 1. The summed E-state index contributed by atoms with van der Waals surface area (Å²) in [7, 11) is 1.66. The highest BCUT2D eigenvalue weighted by Crippen LogP contribution is 2.39. The molecule has 0 fully saturated rings. The zero-order valence-corrected chi connectivity index (χ0v) is 18.4. The summed E-state index contributed by atoms with van der Waals surface area (Å²) < 4.78 is 27.4. The Morgan fingerprint density at radius 3 is 2.79 bits per heavy atom. The maximum atomic E-state index is 13.9. The fraction of sp³-hybridized carbons (Fsp3) is 0.185. The van der Waals surface area contributed by atoms with Gasteiger partial charge in [0.25, 0.3) is 0 Å². The first-order valence-electron chi connectivity index (χ1n) is 10.7. The summed E-state index contributed by atoms with van der Waals surface area (Å²) in [6.07, 6.45) is 0. The van der Waals surface area contributed by atoms with Crippen LogP contribution in [0, 0.1) is 17.1 Å². The number of aromatic nitrogens is 2. The molecule has 164 valence electrons. The topological polar surface area (TPSA) is 60.1 Å². The summed E-state index contributed by atoms with van der Waals surface area (Å²) in [5, 5.41) is 9.65. The van der Waals surface area contributed by atoms with Gasteiger partial charge in [-0.25, -0.2) is 9.37 Å². The normalized spacial score (nSPS) is 14.1. The Balaban J connectivity index is 1.60. The number of fused-ring (bicyclic) bond motifs is 3. The average molecular weight is 439 g/mol. The van der Waals surface area contributed by atoms with Crippen LogP contribution >= 0.6 is 0 Å². The van der Waals surface area contributed by atoms with Gasteiger partial charge < -0.3 is 14.0 Å². The summed E-state index contributed by atoms with van der Waals surface area (Å²) in [4.78, 5) is 4.72. The lowest BCUT2D eigenvalue weighted by Gasteiger charge is -2.14. The molecule has 4 aromatic rings. The Morgan fingerprint density at radius 2 is 1.97 bits per heavy atom. The highest BCUT2D eigenvalue weighted by atomic mass is 19.1. The third kappa shape index (κ3) is 3.77. The average Bonchev–Trinajstić information content (AvgIpc) is 3.07. The van der Waals surface area contributed by atoms with E-state index in [2.05, 4.69) is 28.8 Å². The summed E-state index contributed by atoms with van der Waals surface area (Å²) >= 11 is 0. The molecule has 2 heterocycles. The predicted octanol–water partition coefficient (Wildman–Crippen LogP) is 5.61. The predicted molar refractivity (Wildman–Crippen MR) is 124 cm³/mol. The van der Waals surface area contributed by atoms with Crippen LogP contribution in [0.3, 0.4) is 0 Å². The first kappa shape index (κ1) is 20.9. The van der Waals surface area contributed by atoms with Gasteiger partial charge in [-0.2, -0.15) is 5.26 Å². The molecule has 0 saturated carbocycles. The van der Waals surface area contributed by atoms with E-state index >= 15 is 0 Å². The molecule has 1 aliphatic heterocycles. The van der Waals surface area contributed by atoms with E-state index in [9.17, 15) is 9.65 Å². The van der Waals surface area contributed by atoms with E-state index in [1.54, 1.807) is 20.1 Å². The van der Waals surface area contributed by atoms with Crippen molar-refractivity contribution >= 4 is 16.6 Å². The molecule has 0 unspecified atom stereocenters. The largest absolute Gasteiger partial charge is 0.488 e. The van der Waals surface area contributed by atoms with Crippen molar-refractivity contribution in [1.82, 2.24) is 9.55 Å². The molecule has 0 radical (unpaired) electrons. The Morgan fingerprint density at radius 1 is 1.15 bits per heavy atom. The molecule has 5 rings (SSSR count). The highest BCUT2D eigenvalue weighted by molar-refractivity contribution is 5.88. The van der Waals surface area contributed by atoms with Crippen molar-refractivity contribution in [3.63, 3.8) is 0 Å². The lowest BCUT2D eigenvalue weighted by atomic mass is 9.90. The first-order valence-corrected chi connectivity index (χ1v) is 10.7. The molecule has 0 atom stereocenters. The van der Waals surface area contributed by atoms with E-state index in [0.29, 0.717) is 24.5 Å². The molecule has 0 amide bonds. The van der Waals surface area contributed by atoms with Crippen LogP contribution in [0.4, 0.5) is 4.39 Å². The van der Waals surface area contributed by atoms with Crippen molar-refractivity contribution in [2.75, 3.05) is 7.11 Å². The second-order valence-corrected chi connectivity index (χ2v) is 8.07. The zero-order chi connectivity index (χ0) is 22.9. The van der Waals surface area contributed by atoms with Crippen LogP contribution in [-0.2, 0) is 24.5 Å². The molecule has 0 saturated heterocycles. The molecular weight excluding hydrogens is 417 g/mol. The fourth-order valence-corrected chi connectivity index (χ4v) is 4.42. The van der Waals surface area contributed by atoms with Crippen LogP contribution in [0.5, 0.6) is 5.75 Å². The smallest absolute Gasteiger partial charge is 0.136 e. The minimum Gasteiger partial charge on any atom is -0.488 e. The Kier molecular flexibility index (Phi) is 5.41. The molecule has 3 aromatic carbocycles. The molecule has 0 aliphatic carbocycles. The lowest BCUT2D eigenvalue weighted by Crippen LogP contribution is -2.07. The zero-order valence-electron chi connectivity index (χ0n) is 18.4. The van der Waals surface area contributed by atoms with Crippen molar-refractivity contribution in [1.29, 1.82) is 5.26 Å². The molecule has 6 heteroatoms. The quantitative estimate of drug-likeness (QED) is 0.388. The Bertz CT molecular complexity index is 1450. The van der Waals surface area contributed by atoms with Crippen LogP contribution < -0.4 is 4.74 Å². The van der Waals surface area contributed by atoms with E-state index in [0.717, 1.165) is 44.7 Å². The van der Waals surface area contributed by atoms with E-state index < -0.39 is 0 Å². The summed E-state index contributed by atoms with van der Waals surface area (Å²) in [5.74, 6) is 0.932.